The quantitative estimate of drug-likeness (QED) is 0.623. The molecule has 26 heavy (non-hydrogen) atoms. The average molecular weight is 347 g/mol. The first kappa shape index (κ1) is 18.2. The lowest BCUT2D eigenvalue weighted by atomic mass is 10.1. The molecule has 3 aromatic carbocycles. The van der Waals surface area contributed by atoms with Crippen LogP contribution in [0, 0.1) is 0 Å². The van der Waals surface area contributed by atoms with Crippen LogP contribution in [0.3, 0.4) is 0 Å². The third-order valence-corrected chi connectivity index (χ3v) is 4.43. The van der Waals surface area contributed by atoms with Gasteiger partial charge in [0.1, 0.15) is 12.4 Å². The third kappa shape index (κ3) is 5.19. The largest absolute Gasteiger partial charge is 0.489 e. The Kier molecular flexibility index (Phi) is 6.42. The van der Waals surface area contributed by atoms with E-state index in [2.05, 4.69) is 24.4 Å². The maximum Gasteiger partial charge on any atom is 0.119 e. The van der Waals surface area contributed by atoms with Crippen molar-refractivity contribution in [3.8, 4) is 5.75 Å². The molecule has 0 fully saturated rings. The number of benzene rings is 3. The van der Waals surface area contributed by atoms with Crippen LogP contribution in [0.4, 0.5) is 0 Å². The van der Waals surface area contributed by atoms with Crippen molar-refractivity contribution in [3.05, 3.63) is 102 Å². The Morgan fingerprint density at radius 1 is 0.808 bits per heavy atom. The molecule has 3 rings (SSSR count). The van der Waals surface area contributed by atoms with Crippen LogP contribution in [0.25, 0.3) is 0 Å². The van der Waals surface area contributed by atoms with E-state index < -0.39 is 6.10 Å². The second kappa shape index (κ2) is 9.18. The van der Waals surface area contributed by atoms with E-state index in [4.69, 9.17) is 4.74 Å². The molecule has 3 nitrogen and oxygen atoms in total. The molecule has 0 spiro atoms. The van der Waals surface area contributed by atoms with Gasteiger partial charge in [-0.25, -0.2) is 0 Å². The summed E-state index contributed by atoms with van der Waals surface area (Å²) in [6.45, 7) is 3.14. The fourth-order valence-electron chi connectivity index (χ4n) is 2.79. The highest BCUT2D eigenvalue weighted by Gasteiger charge is 2.10. The zero-order valence-corrected chi connectivity index (χ0v) is 15.0. The zero-order chi connectivity index (χ0) is 18.2. The van der Waals surface area contributed by atoms with Crippen molar-refractivity contribution in [2.75, 3.05) is 6.54 Å². The van der Waals surface area contributed by atoms with E-state index in [0.717, 1.165) is 16.9 Å². The average Bonchev–Trinajstić information content (AvgIpc) is 2.72. The number of aliphatic hydroxyl groups excluding tert-OH is 1. The van der Waals surface area contributed by atoms with E-state index in [1.807, 2.05) is 72.8 Å². The van der Waals surface area contributed by atoms with Crippen molar-refractivity contribution in [3.63, 3.8) is 0 Å². The first-order valence-corrected chi connectivity index (χ1v) is 8.95. The van der Waals surface area contributed by atoms with Crippen molar-refractivity contribution < 1.29 is 9.84 Å². The number of hydrogen-bond acceptors (Lipinski definition) is 3. The molecule has 0 aromatic heterocycles. The molecule has 2 N–H and O–H groups in total. The predicted molar refractivity (Wildman–Crippen MR) is 105 cm³/mol. The van der Waals surface area contributed by atoms with E-state index in [0.29, 0.717) is 13.2 Å². The Bertz CT molecular complexity index is 772. The van der Waals surface area contributed by atoms with Gasteiger partial charge in [0.2, 0.25) is 0 Å². The summed E-state index contributed by atoms with van der Waals surface area (Å²) in [7, 11) is 0. The summed E-state index contributed by atoms with van der Waals surface area (Å²) in [6, 6.07) is 28.1. The fourth-order valence-corrected chi connectivity index (χ4v) is 2.79. The van der Waals surface area contributed by atoms with Gasteiger partial charge in [0.15, 0.2) is 0 Å². The highest BCUT2D eigenvalue weighted by molar-refractivity contribution is 5.29. The minimum atomic E-state index is -0.552. The molecule has 0 aliphatic carbocycles. The molecule has 0 aliphatic rings. The summed E-state index contributed by atoms with van der Waals surface area (Å²) < 4.78 is 5.79. The summed E-state index contributed by atoms with van der Waals surface area (Å²) in [4.78, 5) is 0. The van der Waals surface area contributed by atoms with Crippen LogP contribution < -0.4 is 10.1 Å². The Balaban J connectivity index is 1.49. The van der Waals surface area contributed by atoms with Gasteiger partial charge in [-0.2, -0.15) is 0 Å². The van der Waals surface area contributed by atoms with Crippen LogP contribution in [0.1, 0.15) is 35.8 Å². The Hall–Kier alpha value is -2.62. The van der Waals surface area contributed by atoms with Gasteiger partial charge in [-0.3, -0.25) is 0 Å². The van der Waals surface area contributed by atoms with Gasteiger partial charge in [-0.15, -0.1) is 0 Å². The molecule has 134 valence electrons. The molecule has 3 heteroatoms. The van der Waals surface area contributed by atoms with Crippen LogP contribution >= 0.6 is 0 Å². The van der Waals surface area contributed by atoms with Crippen molar-refractivity contribution >= 4 is 0 Å². The van der Waals surface area contributed by atoms with Gasteiger partial charge in [0, 0.05) is 12.6 Å². The minimum absolute atomic E-state index is 0.194. The second-order valence-corrected chi connectivity index (χ2v) is 6.40. The van der Waals surface area contributed by atoms with Gasteiger partial charge >= 0.3 is 0 Å². The molecule has 0 bridgehead atoms. The maximum absolute atomic E-state index is 10.4. The smallest absolute Gasteiger partial charge is 0.119 e. The summed E-state index contributed by atoms with van der Waals surface area (Å²) >= 11 is 0. The molecule has 0 radical (unpaired) electrons. The molecular formula is C23H25NO2. The van der Waals surface area contributed by atoms with Crippen LogP contribution in [-0.4, -0.2) is 11.7 Å². The van der Waals surface area contributed by atoms with Gasteiger partial charge in [-0.1, -0.05) is 72.8 Å². The molecule has 3 aromatic rings. The lowest BCUT2D eigenvalue weighted by Gasteiger charge is -2.18. The standard InChI is InChI=1S/C23H25NO2/c1-18(20-10-6-3-7-11-20)24-16-23(25)21-12-14-22(15-13-21)26-17-19-8-4-2-5-9-19/h2-15,18,23-25H,16-17H2,1H3/t18?,23-/m1/s1. The number of ether oxygens (including phenoxy) is 1. The van der Waals surface area contributed by atoms with E-state index in [1.54, 1.807) is 0 Å². The second-order valence-electron chi connectivity index (χ2n) is 6.40. The topological polar surface area (TPSA) is 41.5 Å². The predicted octanol–water partition coefficient (Wildman–Crippen LogP) is 4.65. The van der Waals surface area contributed by atoms with Crippen molar-refractivity contribution in [2.24, 2.45) is 0 Å². The molecule has 0 heterocycles. The van der Waals surface area contributed by atoms with Gasteiger partial charge in [0.25, 0.3) is 0 Å². The minimum Gasteiger partial charge on any atom is -0.489 e. The third-order valence-electron chi connectivity index (χ3n) is 4.43. The van der Waals surface area contributed by atoms with Crippen LogP contribution in [0.15, 0.2) is 84.9 Å². The van der Waals surface area contributed by atoms with Crippen LogP contribution in [0.2, 0.25) is 0 Å². The van der Waals surface area contributed by atoms with E-state index in [9.17, 15) is 5.11 Å². The van der Waals surface area contributed by atoms with Gasteiger partial charge < -0.3 is 15.2 Å². The van der Waals surface area contributed by atoms with Crippen molar-refractivity contribution in [1.29, 1.82) is 0 Å². The number of hydrogen-bond donors (Lipinski definition) is 2. The summed E-state index contributed by atoms with van der Waals surface area (Å²) in [5.74, 6) is 0.801. The lowest BCUT2D eigenvalue weighted by molar-refractivity contribution is 0.170. The van der Waals surface area contributed by atoms with E-state index in [-0.39, 0.29) is 6.04 Å². The number of nitrogens with one attached hydrogen (secondary N) is 1. The fraction of sp³-hybridized carbons (Fsp3) is 0.217. The summed E-state index contributed by atoms with van der Waals surface area (Å²) in [5, 5.41) is 13.8. The molecule has 0 saturated carbocycles. The van der Waals surface area contributed by atoms with Gasteiger partial charge in [-0.05, 0) is 35.7 Å². The van der Waals surface area contributed by atoms with Crippen molar-refractivity contribution in [1.82, 2.24) is 5.32 Å². The number of rotatable bonds is 8. The highest BCUT2D eigenvalue weighted by atomic mass is 16.5. The molecule has 0 amide bonds. The SMILES string of the molecule is CC(NC[C@@H](O)c1ccc(OCc2ccccc2)cc1)c1ccccc1. The lowest BCUT2D eigenvalue weighted by Crippen LogP contribution is -2.24. The molecule has 2 atom stereocenters. The molecule has 0 aliphatic heterocycles. The van der Waals surface area contributed by atoms with E-state index in [1.165, 1.54) is 5.56 Å². The first-order valence-electron chi connectivity index (χ1n) is 8.95. The zero-order valence-electron chi connectivity index (χ0n) is 15.0. The first-order chi connectivity index (χ1) is 12.7. The number of aliphatic hydroxyl groups is 1. The highest BCUT2D eigenvalue weighted by Crippen LogP contribution is 2.19. The Labute approximate surface area is 155 Å². The van der Waals surface area contributed by atoms with Crippen LogP contribution in [0.5, 0.6) is 5.75 Å². The van der Waals surface area contributed by atoms with Crippen LogP contribution in [-0.2, 0) is 6.61 Å². The molecular weight excluding hydrogens is 322 g/mol. The Morgan fingerprint density at radius 2 is 1.42 bits per heavy atom. The normalized spacial score (nSPS) is 13.2. The summed E-state index contributed by atoms with van der Waals surface area (Å²) in [5.41, 5.74) is 3.23. The van der Waals surface area contributed by atoms with E-state index >= 15 is 0 Å². The summed E-state index contributed by atoms with van der Waals surface area (Å²) in [6.07, 6.45) is -0.552. The van der Waals surface area contributed by atoms with Crippen molar-refractivity contribution in [2.45, 2.75) is 25.7 Å². The molecule has 1 unspecified atom stereocenters. The maximum atomic E-state index is 10.4. The Morgan fingerprint density at radius 3 is 2.08 bits per heavy atom. The monoisotopic (exact) mass is 347 g/mol. The molecule has 0 saturated heterocycles. The van der Waals surface area contributed by atoms with Gasteiger partial charge in [0.05, 0.1) is 6.10 Å².